The van der Waals surface area contributed by atoms with E-state index in [-0.39, 0.29) is 17.1 Å². The van der Waals surface area contributed by atoms with E-state index in [9.17, 15) is 10.1 Å². The number of methoxy groups -OCH3 is 1. The van der Waals surface area contributed by atoms with E-state index >= 15 is 0 Å². The highest BCUT2D eigenvalue weighted by Crippen LogP contribution is 2.30. The molecule has 2 aromatic carbocycles. The lowest BCUT2D eigenvalue weighted by Crippen LogP contribution is -1.98. The minimum absolute atomic E-state index is 0.188. The lowest BCUT2D eigenvalue weighted by atomic mass is 10.2. The number of anilines is 1. The number of benzene rings is 2. The molecule has 0 atom stereocenters. The Balaban J connectivity index is 2.30. The Morgan fingerprint density at radius 2 is 1.76 bits per heavy atom. The van der Waals surface area contributed by atoms with Gasteiger partial charge in [0.1, 0.15) is 29.4 Å². The maximum absolute atomic E-state index is 11.1. The van der Waals surface area contributed by atoms with Crippen LogP contribution in [0.15, 0.2) is 47.6 Å². The fourth-order valence-corrected chi connectivity index (χ4v) is 1.79. The van der Waals surface area contributed by atoms with Gasteiger partial charge in [-0.25, -0.2) is 0 Å². The Morgan fingerprint density at radius 3 is 2.32 bits per heavy atom. The molecule has 0 amide bonds. The van der Waals surface area contributed by atoms with E-state index < -0.39 is 10.6 Å². The summed E-state index contributed by atoms with van der Waals surface area (Å²) in [6, 6.07) is 13.7. The molecule has 0 fully saturated rings. The first-order valence-corrected chi connectivity index (χ1v) is 6.81. The molecular weight excluding hydrogens is 326 g/mol. The smallest absolute Gasteiger partial charge is 0.275 e. The van der Waals surface area contributed by atoms with Crippen molar-refractivity contribution in [2.45, 2.75) is 0 Å². The summed E-state index contributed by atoms with van der Waals surface area (Å²) in [5, 5.41) is 31.9. The summed E-state index contributed by atoms with van der Waals surface area (Å²) in [6.07, 6.45) is 0. The lowest BCUT2D eigenvalue weighted by molar-refractivity contribution is -0.384. The van der Waals surface area contributed by atoms with Crippen LogP contribution in [-0.4, -0.2) is 17.7 Å². The Morgan fingerprint density at radius 1 is 1.12 bits per heavy atom. The van der Waals surface area contributed by atoms with Crippen LogP contribution in [0.4, 0.5) is 11.4 Å². The van der Waals surface area contributed by atoms with E-state index in [0.717, 1.165) is 0 Å². The van der Waals surface area contributed by atoms with Gasteiger partial charge in [-0.15, -0.1) is 0 Å². The van der Waals surface area contributed by atoms with Crippen molar-refractivity contribution in [3.05, 3.63) is 52.6 Å². The lowest BCUT2D eigenvalue weighted by Gasteiger charge is -2.08. The van der Waals surface area contributed by atoms with Crippen LogP contribution in [0.5, 0.6) is 17.2 Å². The van der Waals surface area contributed by atoms with Gasteiger partial charge in [0, 0.05) is 12.1 Å². The molecule has 1 N–H and O–H groups in total. The molecule has 2 aromatic rings. The molecule has 0 bridgehead atoms. The first-order chi connectivity index (χ1) is 12.0. The van der Waals surface area contributed by atoms with Crippen LogP contribution in [0.25, 0.3) is 0 Å². The maximum Gasteiger partial charge on any atom is 0.275 e. The highest BCUT2D eigenvalue weighted by atomic mass is 16.6. The van der Waals surface area contributed by atoms with Crippen LogP contribution in [-0.2, 0) is 0 Å². The first-order valence-electron chi connectivity index (χ1n) is 6.81. The third-order valence-electron chi connectivity index (χ3n) is 2.91. The molecule has 0 aliphatic carbocycles. The summed E-state index contributed by atoms with van der Waals surface area (Å²) >= 11 is 0. The predicted molar refractivity (Wildman–Crippen MR) is 88.4 cm³/mol. The molecule has 2 rings (SSSR count). The number of nitrogens with one attached hydrogen (secondary N) is 1. The van der Waals surface area contributed by atoms with Gasteiger partial charge >= 0.3 is 0 Å². The molecule has 0 heterocycles. The van der Waals surface area contributed by atoms with Crippen LogP contribution in [0.3, 0.4) is 0 Å². The average Bonchev–Trinajstić information content (AvgIpc) is 2.63. The van der Waals surface area contributed by atoms with Crippen LogP contribution in [0.1, 0.15) is 0 Å². The van der Waals surface area contributed by atoms with Gasteiger partial charge in [-0.3, -0.25) is 15.5 Å². The number of nitriles is 2. The van der Waals surface area contributed by atoms with Gasteiger partial charge in [0.25, 0.3) is 5.69 Å². The zero-order valence-electron chi connectivity index (χ0n) is 13.0. The molecule has 124 valence electrons. The molecule has 25 heavy (non-hydrogen) atoms. The number of nitro benzene ring substituents is 1. The van der Waals surface area contributed by atoms with E-state index in [1.54, 1.807) is 36.4 Å². The number of hydrogen-bond acceptors (Lipinski definition) is 8. The second kappa shape index (κ2) is 7.94. The van der Waals surface area contributed by atoms with Crippen molar-refractivity contribution in [3.8, 4) is 29.4 Å². The molecule has 9 nitrogen and oxygen atoms in total. The number of non-ortho nitro benzene ring substituents is 1. The van der Waals surface area contributed by atoms with Crippen molar-refractivity contribution in [3.63, 3.8) is 0 Å². The normalized spacial score (nSPS) is 9.24. The molecular formula is C16H11N5O4. The fraction of sp³-hybridized carbons (Fsp3) is 0.0625. The van der Waals surface area contributed by atoms with Gasteiger partial charge in [-0.1, -0.05) is 0 Å². The molecule has 0 aliphatic heterocycles. The number of hydrazone groups is 1. The molecule has 0 saturated carbocycles. The monoisotopic (exact) mass is 337 g/mol. The first kappa shape index (κ1) is 17.2. The second-order valence-electron chi connectivity index (χ2n) is 4.55. The van der Waals surface area contributed by atoms with Crippen molar-refractivity contribution < 1.29 is 14.4 Å². The number of nitrogens with zero attached hydrogens (tertiary/aromatic N) is 4. The standard InChI is InChI=1S/C16H11N5O4/c1-24-14-2-4-15(5-3-14)25-16-7-11(6-13(8-16)21(22)23)19-20-12(9-17)10-18/h2-8,19H,1H3. The van der Waals surface area contributed by atoms with Crippen LogP contribution < -0.4 is 14.9 Å². The Hall–Kier alpha value is -4.11. The van der Waals surface area contributed by atoms with Crippen molar-refractivity contribution in [2.75, 3.05) is 12.5 Å². The highest BCUT2D eigenvalue weighted by molar-refractivity contribution is 6.10. The van der Waals surface area contributed by atoms with E-state index in [2.05, 4.69) is 10.5 Å². The molecule has 0 aromatic heterocycles. The molecule has 9 heteroatoms. The summed E-state index contributed by atoms with van der Waals surface area (Å²) in [4.78, 5) is 10.5. The molecule has 0 spiro atoms. The fourth-order valence-electron chi connectivity index (χ4n) is 1.79. The zero-order chi connectivity index (χ0) is 18.2. The number of nitro groups is 1. The molecule has 0 saturated heterocycles. The maximum atomic E-state index is 11.1. The van der Waals surface area contributed by atoms with Gasteiger partial charge in [-0.2, -0.15) is 15.6 Å². The third kappa shape index (κ3) is 4.68. The van der Waals surface area contributed by atoms with Crippen LogP contribution >= 0.6 is 0 Å². The highest BCUT2D eigenvalue weighted by Gasteiger charge is 2.11. The molecule has 0 aliphatic rings. The minimum atomic E-state index is -0.592. The van der Waals surface area contributed by atoms with Gasteiger partial charge in [-0.05, 0) is 24.3 Å². The minimum Gasteiger partial charge on any atom is -0.497 e. The third-order valence-corrected chi connectivity index (χ3v) is 2.91. The van der Waals surface area contributed by atoms with E-state index in [1.807, 2.05) is 0 Å². The quantitative estimate of drug-likeness (QED) is 0.486. The summed E-state index contributed by atoms with van der Waals surface area (Å²) in [5.74, 6) is 1.28. The molecule has 0 unspecified atom stereocenters. The van der Waals surface area contributed by atoms with Gasteiger partial charge in [0.05, 0.1) is 23.8 Å². The predicted octanol–water partition coefficient (Wildman–Crippen LogP) is 3.21. The summed E-state index contributed by atoms with van der Waals surface area (Å²) in [7, 11) is 1.53. The number of rotatable bonds is 6. The largest absolute Gasteiger partial charge is 0.497 e. The van der Waals surface area contributed by atoms with E-state index in [4.69, 9.17) is 20.0 Å². The van der Waals surface area contributed by atoms with Crippen molar-refractivity contribution in [1.29, 1.82) is 10.5 Å². The zero-order valence-corrected chi connectivity index (χ0v) is 13.0. The summed E-state index contributed by atoms with van der Waals surface area (Å²) in [5.41, 5.74) is 1.97. The van der Waals surface area contributed by atoms with Gasteiger partial charge in [0.2, 0.25) is 5.71 Å². The average molecular weight is 337 g/mol. The van der Waals surface area contributed by atoms with Gasteiger partial charge in [0.15, 0.2) is 0 Å². The van der Waals surface area contributed by atoms with Crippen LogP contribution in [0.2, 0.25) is 0 Å². The second-order valence-corrected chi connectivity index (χ2v) is 4.55. The number of ether oxygens (including phenoxy) is 2. The van der Waals surface area contributed by atoms with Gasteiger partial charge < -0.3 is 9.47 Å². The summed E-state index contributed by atoms with van der Waals surface area (Å²) < 4.78 is 10.6. The summed E-state index contributed by atoms with van der Waals surface area (Å²) in [6.45, 7) is 0. The Kier molecular flexibility index (Phi) is 5.48. The Labute approximate surface area is 142 Å². The topological polar surface area (TPSA) is 134 Å². The van der Waals surface area contributed by atoms with E-state index in [0.29, 0.717) is 11.5 Å². The van der Waals surface area contributed by atoms with E-state index in [1.165, 1.54) is 25.3 Å². The number of hydrogen-bond donors (Lipinski definition) is 1. The SMILES string of the molecule is COc1ccc(Oc2cc(NN=C(C#N)C#N)cc([N+](=O)[O-])c2)cc1. The van der Waals surface area contributed by atoms with Crippen molar-refractivity contribution >= 4 is 17.1 Å². The Bertz CT molecular complexity index is 878. The van der Waals surface area contributed by atoms with Crippen LogP contribution in [0, 0.1) is 32.8 Å². The van der Waals surface area contributed by atoms with Crippen molar-refractivity contribution in [2.24, 2.45) is 5.10 Å². The van der Waals surface area contributed by atoms with Crippen molar-refractivity contribution in [1.82, 2.24) is 0 Å². The molecule has 0 radical (unpaired) electrons.